The van der Waals surface area contributed by atoms with Gasteiger partial charge in [-0.15, -0.1) is 0 Å². The van der Waals surface area contributed by atoms with Crippen molar-refractivity contribution in [3.05, 3.63) is 51.0 Å². The molecule has 1 aromatic heterocycles. The van der Waals surface area contributed by atoms with Crippen molar-refractivity contribution in [2.75, 3.05) is 5.32 Å². The number of carbonyl (C=O) groups excluding carboxylic acids is 1. The molecule has 0 aliphatic heterocycles. The first-order valence-corrected chi connectivity index (χ1v) is 7.93. The molecule has 0 saturated heterocycles. The summed E-state index contributed by atoms with van der Waals surface area (Å²) in [4.78, 5) is 16.3. The van der Waals surface area contributed by atoms with Crippen molar-refractivity contribution in [3.8, 4) is 5.88 Å². The Labute approximate surface area is 140 Å². The molecule has 0 aliphatic carbocycles. The number of nitrogens with zero attached hydrogens (tertiary/aromatic N) is 1. The lowest BCUT2D eigenvalue weighted by atomic mass is 10.2. The van der Waals surface area contributed by atoms with Gasteiger partial charge in [-0.1, -0.05) is 15.9 Å². The lowest BCUT2D eigenvalue weighted by Crippen LogP contribution is -2.13. The summed E-state index contributed by atoms with van der Waals surface area (Å²) in [6.45, 7) is 3.85. The number of ether oxygens (including phenoxy) is 1. The third kappa shape index (κ3) is 4.54. The van der Waals surface area contributed by atoms with E-state index in [1.807, 2.05) is 32.0 Å². The minimum absolute atomic E-state index is 0.0507. The molecule has 1 N–H and O–H groups in total. The molecule has 0 aliphatic rings. The Kier molecular flexibility index (Phi) is 5.36. The van der Waals surface area contributed by atoms with Gasteiger partial charge in [0, 0.05) is 21.2 Å². The molecule has 0 unspecified atom stereocenters. The molecule has 2 aromatic rings. The third-order valence-corrected chi connectivity index (χ3v) is 3.72. The summed E-state index contributed by atoms with van der Waals surface area (Å²) < 4.78 is 7.15. The van der Waals surface area contributed by atoms with Crippen molar-refractivity contribution in [1.82, 2.24) is 4.98 Å². The first kappa shape index (κ1) is 16.0. The third-order valence-electron chi connectivity index (χ3n) is 2.53. The van der Waals surface area contributed by atoms with Crippen LogP contribution in [0.5, 0.6) is 5.88 Å². The number of pyridine rings is 1. The fourth-order valence-corrected chi connectivity index (χ4v) is 2.32. The van der Waals surface area contributed by atoms with E-state index >= 15 is 0 Å². The number of hydrogen-bond donors (Lipinski definition) is 1. The van der Waals surface area contributed by atoms with E-state index in [9.17, 15) is 4.79 Å². The minimum atomic E-state index is -0.225. The van der Waals surface area contributed by atoms with Gasteiger partial charge < -0.3 is 10.1 Å². The van der Waals surface area contributed by atoms with Gasteiger partial charge in [-0.2, -0.15) is 0 Å². The molecule has 1 aromatic carbocycles. The molecule has 0 atom stereocenters. The summed E-state index contributed by atoms with van der Waals surface area (Å²) in [5, 5.41) is 2.83. The van der Waals surface area contributed by atoms with Crippen LogP contribution in [0.25, 0.3) is 0 Å². The Bertz CT molecular complexity index is 643. The van der Waals surface area contributed by atoms with Gasteiger partial charge in [-0.3, -0.25) is 4.79 Å². The quantitative estimate of drug-likeness (QED) is 0.793. The highest BCUT2D eigenvalue weighted by Crippen LogP contribution is 2.26. The number of hydrogen-bond acceptors (Lipinski definition) is 3. The lowest BCUT2D eigenvalue weighted by Gasteiger charge is -2.10. The van der Waals surface area contributed by atoms with Crippen LogP contribution in [0.15, 0.2) is 45.5 Å². The van der Waals surface area contributed by atoms with Gasteiger partial charge in [-0.25, -0.2) is 4.98 Å². The van der Waals surface area contributed by atoms with Crippen LogP contribution in [-0.2, 0) is 0 Å². The molecular formula is C15H14Br2N2O2. The average molecular weight is 414 g/mol. The molecular weight excluding hydrogens is 400 g/mol. The molecule has 2 rings (SSSR count). The van der Waals surface area contributed by atoms with Gasteiger partial charge in [0.1, 0.15) is 0 Å². The van der Waals surface area contributed by atoms with E-state index in [2.05, 4.69) is 42.2 Å². The monoisotopic (exact) mass is 412 g/mol. The second-order valence-electron chi connectivity index (χ2n) is 4.63. The van der Waals surface area contributed by atoms with Gasteiger partial charge in [0.05, 0.1) is 17.4 Å². The van der Waals surface area contributed by atoms with Crippen LogP contribution in [-0.4, -0.2) is 17.0 Å². The Morgan fingerprint density at radius 3 is 2.62 bits per heavy atom. The van der Waals surface area contributed by atoms with Crippen LogP contribution in [0, 0.1) is 0 Å². The normalized spacial score (nSPS) is 10.5. The summed E-state index contributed by atoms with van der Waals surface area (Å²) in [5.74, 6) is 0.280. The van der Waals surface area contributed by atoms with Crippen molar-refractivity contribution in [2.45, 2.75) is 20.0 Å². The predicted octanol–water partition coefficient (Wildman–Crippen LogP) is 4.65. The second kappa shape index (κ2) is 7.04. The molecule has 0 radical (unpaired) electrons. The van der Waals surface area contributed by atoms with Gasteiger partial charge in [-0.05, 0) is 54.0 Å². The number of halogens is 2. The highest BCUT2D eigenvalue weighted by atomic mass is 79.9. The number of nitrogens with one attached hydrogen (secondary N) is 1. The van der Waals surface area contributed by atoms with Gasteiger partial charge >= 0.3 is 0 Å². The Hall–Kier alpha value is -1.40. The van der Waals surface area contributed by atoms with Crippen LogP contribution >= 0.6 is 31.9 Å². The summed E-state index contributed by atoms with van der Waals surface area (Å²) in [5.41, 5.74) is 1.16. The first-order valence-electron chi connectivity index (χ1n) is 6.35. The molecule has 1 amide bonds. The van der Waals surface area contributed by atoms with E-state index in [1.165, 1.54) is 6.20 Å². The molecule has 21 heavy (non-hydrogen) atoms. The number of rotatable bonds is 4. The average Bonchev–Trinajstić information content (AvgIpc) is 2.43. The number of carbonyl (C=O) groups is 1. The first-order chi connectivity index (χ1) is 9.95. The standard InChI is InChI=1S/C15H14Br2N2O2/c1-9(2)21-14-6-3-10(8-18-14)15(20)19-13-7-11(16)4-5-12(13)17/h3-9H,1-2H3,(H,19,20). The fourth-order valence-electron chi connectivity index (χ4n) is 1.61. The van der Waals surface area contributed by atoms with E-state index in [-0.39, 0.29) is 12.0 Å². The van der Waals surface area contributed by atoms with E-state index in [0.29, 0.717) is 17.1 Å². The van der Waals surface area contributed by atoms with Crippen molar-refractivity contribution in [3.63, 3.8) is 0 Å². The Morgan fingerprint density at radius 2 is 2.00 bits per heavy atom. The van der Waals surface area contributed by atoms with E-state index in [1.54, 1.807) is 12.1 Å². The van der Waals surface area contributed by atoms with Crippen molar-refractivity contribution >= 4 is 43.5 Å². The summed E-state index contributed by atoms with van der Waals surface area (Å²) in [6, 6.07) is 8.94. The van der Waals surface area contributed by atoms with Gasteiger partial charge in [0.25, 0.3) is 5.91 Å². The molecule has 0 saturated carbocycles. The molecule has 1 heterocycles. The van der Waals surface area contributed by atoms with Crippen LogP contribution < -0.4 is 10.1 Å². The topological polar surface area (TPSA) is 51.2 Å². The zero-order valence-corrected chi connectivity index (χ0v) is 14.7. The summed E-state index contributed by atoms with van der Waals surface area (Å²) >= 11 is 6.77. The number of aromatic nitrogens is 1. The fraction of sp³-hybridized carbons (Fsp3) is 0.200. The van der Waals surface area contributed by atoms with E-state index in [4.69, 9.17) is 4.74 Å². The van der Waals surface area contributed by atoms with Crippen molar-refractivity contribution in [1.29, 1.82) is 0 Å². The molecule has 0 bridgehead atoms. The maximum atomic E-state index is 12.2. The van der Waals surface area contributed by atoms with Crippen LogP contribution in [0.1, 0.15) is 24.2 Å². The van der Waals surface area contributed by atoms with Crippen LogP contribution in [0.3, 0.4) is 0 Å². The molecule has 4 nitrogen and oxygen atoms in total. The number of benzene rings is 1. The zero-order valence-electron chi connectivity index (χ0n) is 11.6. The SMILES string of the molecule is CC(C)Oc1ccc(C(=O)Nc2cc(Br)ccc2Br)cn1. The molecule has 110 valence electrons. The van der Waals surface area contributed by atoms with E-state index < -0.39 is 0 Å². The maximum absolute atomic E-state index is 12.2. The summed E-state index contributed by atoms with van der Waals surface area (Å²) in [6.07, 6.45) is 1.55. The van der Waals surface area contributed by atoms with E-state index in [0.717, 1.165) is 8.95 Å². The van der Waals surface area contributed by atoms with Gasteiger partial charge in [0.15, 0.2) is 0 Å². The van der Waals surface area contributed by atoms with Crippen LogP contribution in [0.4, 0.5) is 5.69 Å². The minimum Gasteiger partial charge on any atom is -0.475 e. The largest absolute Gasteiger partial charge is 0.475 e. The van der Waals surface area contributed by atoms with Crippen LogP contribution in [0.2, 0.25) is 0 Å². The summed E-state index contributed by atoms with van der Waals surface area (Å²) in [7, 11) is 0. The Morgan fingerprint density at radius 1 is 1.24 bits per heavy atom. The molecule has 6 heteroatoms. The maximum Gasteiger partial charge on any atom is 0.257 e. The Balaban J connectivity index is 2.11. The van der Waals surface area contributed by atoms with Gasteiger partial charge in [0.2, 0.25) is 5.88 Å². The highest BCUT2D eigenvalue weighted by Gasteiger charge is 2.10. The predicted molar refractivity (Wildman–Crippen MR) is 89.8 cm³/mol. The molecule has 0 fully saturated rings. The number of amides is 1. The molecule has 0 spiro atoms. The smallest absolute Gasteiger partial charge is 0.257 e. The highest BCUT2D eigenvalue weighted by molar-refractivity contribution is 9.11. The van der Waals surface area contributed by atoms with Crippen molar-refractivity contribution < 1.29 is 9.53 Å². The van der Waals surface area contributed by atoms with Crippen molar-refractivity contribution in [2.24, 2.45) is 0 Å². The lowest BCUT2D eigenvalue weighted by molar-refractivity contribution is 0.102. The second-order valence-corrected chi connectivity index (χ2v) is 6.40. The number of anilines is 1. The zero-order chi connectivity index (χ0) is 15.4.